The molecule has 1 rings (SSSR count). The number of halogens is 1. The molecule has 1 amide bonds. The molecule has 1 heterocycles. The summed E-state index contributed by atoms with van der Waals surface area (Å²) in [6.07, 6.45) is 3.38. The van der Waals surface area contributed by atoms with E-state index in [1.54, 1.807) is 19.2 Å². The molecule has 5 heteroatoms. The molecule has 0 radical (unpaired) electrons. The lowest BCUT2D eigenvalue weighted by molar-refractivity contribution is 0.0945. The summed E-state index contributed by atoms with van der Waals surface area (Å²) in [4.78, 5) is 15.5. The molecule has 1 atom stereocenters. The predicted molar refractivity (Wildman–Crippen MR) is 65.6 cm³/mol. The molecule has 0 saturated carbocycles. The molecule has 0 spiro atoms. The van der Waals surface area contributed by atoms with Crippen molar-refractivity contribution in [1.29, 1.82) is 0 Å². The van der Waals surface area contributed by atoms with E-state index in [1.165, 1.54) is 6.20 Å². The highest BCUT2D eigenvalue weighted by Crippen LogP contribution is 2.05. The van der Waals surface area contributed by atoms with E-state index in [0.717, 1.165) is 3.57 Å². The molecule has 4 nitrogen and oxygen atoms in total. The van der Waals surface area contributed by atoms with Gasteiger partial charge in [-0.1, -0.05) is 0 Å². The molecule has 1 unspecified atom stereocenters. The number of aliphatic hydroxyl groups excluding tert-OH is 1. The summed E-state index contributed by atoms with van der Waals surface area (Å²) >= 11 is 2.10. The van der Waals surface area contributed by atoms with E-state index in [-0.39, 0.29) is 12.0 Å². The number of aliphatic hydroxyl groups is 1. The highest BCUT2D eigenvalue weighted by Gasteiger charge is 2.05. The lowest BCUT2D eigenvalue weighted by Crippen LogP contribution is -2.26. The van der Waals surface area contributed by atoms with Crippen LogP contribution in [0.5, 0.6) is 0 Å². The van der Waals surface area contributed by atoms with Crippen molar-refractivity contribution in [2.45, 2.75) is 19.4 Å². The molecule has 82 valence electrons. The first-order valence-electron chi connectivity index (χ1n) is 4.66. The van der Waals surface area contributed by atoms with Crippen LogP contribution in [0, 0.1) is 3.57 Å². The number of carbonyl (C=O) groups is 1. The maximum Gasteiger partial charge on any atom is 0.252 e. The molecular formula is C10H13IN2O2. The molecule has 0 aliphatic heterocycles. The van der Waals surface area contributed by atoms with Crippen LogP contribution in [0.4, 0.5) is 0 Å². The van der Waals surface area contributed by atoms with Gasteiger partial charge in [0.2, 0.25) is 0 Å². The van der Waals surface area contributed by atoms with Crippen LogP contribution in [-0.4, -0.2) is 28.6 Å². The van der Waals surface area contributed by atoms with Crippen molar-refractivity contribution in [3.05, 3.63) is 27.6 Å². The van der Waals surface area contributed by atoms with Crippen molar-refractivity contribution in [3.63, 3.8) is 0 Å². The van der Waals surface area contributed by atoms with Crippen LogP contribution in [0.3, 0.4) is 0 Å². The van der Waals surface area contributed by atoms with Gasteiger partial charge in [0.15, 0.2) is 0 Å². The Morgan fingerprint density at radius 1 is 1.67 bits per heavy atom. The number of hydrogen-bond acceptors (Lipinski definition) is 3. The molecule has 0 fully saturated rings. The van der Waals surface area contributed by atoms with Gasteiger partial charge in [-0.05, 0) is 42.0 Å². The van der Waals surface area contributed by atoms with Gasteiger partial charge >= 0.3 is 0 Å². The topological polar surface area (TPSA) is 62.2 Å². The van der Waals surface area contributed by atoms with Crippen molar-refractivity contribution >= 4 is 28.5 Å². The third-order valence-corrected chi connectivity index (χ3v) is 2.40. The van der Waals surface area contributed by atoms with E-state index < -0.39 is 0 Å². The fourth-order valence-corrected chi connectivity index (χ4v) is 1.53. The van der Waals surface area contributed by atoms with Gasteiger partial charge in [-0.15, -0.1) is 0 Å². The Morgan fingerprint density at radius 2 is 2.40 bits per heavy atom. The maximum absolute atomic E-state index is 11.5. The minimum absolute atomic E-state index is 0.151. The van der Waals surface area contributed by atoms with E-state index in [0.29, 0.717) is 18.5 Å². The zero-order valence-corrected chi connectivity index (χ0v) is 10.6. The molecule has 0 bridgehead atoms. The zero-order valence-electron chi connectivity index (χ0n) is 8.40. The summed E-state index contributed by atoms with van der Waals surface area (Å²) in [5, 5.41) is 11.7. The summed E-state index contributed by atoms with van der Waals surface area (Å²) in [7, 11) is 0. The van der Waals surface area contributed by atoms with Gasteiger partial charge in [0.05, 0.1) is 11.7 Å². The number of aromatic nitrogens is 1. The normalized spacial score (nSPS) is 12.2. The highest BCUT2D eigenvalue weighted by molar-refractivity contribution is 14.1. The van der Waals surface area contributed by atoms with Crippen LogP contribution >= 0.6 is 22.6 Å². The molecule has 0 aliphatic rings. The molecule has 0 saturated heterocycles. The number of nitrogens with zero attached hydrogens (tertiary/aromatic N) is 1. The first-order valence-corrected chi connectivity index (χ1v) is 5.74. The number of amides is 1. The summed E-state index contributed by atoms with van der Waals surface area (Å²) < 4.78 is 0.927. The Hall–Kier alpha value is -0.690. The lowest BCUT2D eigenvalue weighted by Gasteiger charge is -2.06. The average molecular weight is 320 g/mol. The van der Waals surface area contributed by atoms with E-state index in [9.17, 15) is 4.79 Å². The second-order valence-corrected chi connectivity index (χ2v) is 4.53. The Labute approximate surface area is 102 Å². The predicted octanol–water partition coefficient (Wildman–Crippen LogP) is 1.19. The third-order valence-electron chi connectivity index (χ3n) is 1.81. The first-order chi connectivity index (χ1) is 7.09. The van der Waals surface area contributed by atoms with Crippen molar-refractivity contribution in [3.8, 4) is 0 Å². The molecule has 15 heavy (non-hydrogen) atoms. The third kappa shape index (κ3) is 4.57. The minimum atomic E-state index is -0.390. The summed E-state index contributed by atoms with van der Waals surface area (Å²) in [6, 6.07) is 1.77. The summed E-state index contributed by atoms with van der Waals surface area (Å²) in [6.45, 7) is 2.17. The van der Waals surface area contributed by atoms with Gasteiger partial charge < -0.3 is 10.4 Å². The second-order valence-electron chi connectivity index (χ2n) is 3.29. The number of nitrogens with one attached hydrogen (secondary N) is 1. The standard InChI is InChI=1S/C10H13IN2O2/c1-7(14)2-3-13-10(15)8-4-9(11)6-12-5-8/h4-7,14H,2-3H2,1H3,(H,13,15). The minimum Gasteiger partial charge on any atom is -0.393 e. The van der Waals surface area contributed by atoms with E-state index in [2.05, 4.69) is 32.9 Å². The van der Waals surface area contributed by atoms with Crippen LogP contribution in [0.25, 0.3) is 0 Å². The molecule has 2 N–H and O–H groups in total. The average Bonchev–Trinajstić information content (AvgIpc) is 2.17. The van der Waals surface area contributed by atoms with E-state index in [4.69, 9.17) is 5.11 Å². The molecule has 1 aromatic heterocycles. The Kier molecular flexibility index (Phi) is 4.97. The van der Waals surface area contributed by atoms with Gasteiger partial charge in [0, 0.05) is 22.5 Å². The number of carbonyl (C=O) groups excluding carboxylic acids is 1. The fourth-order valence-electron chi connectivity index (χ4n) is 1.03. The van der Waals surface area contributed by atoms with Crippen molar-refractivity contribution in [2.24, 2.45) is 0 Å². The van der Waals surface area contributed by atoms with Gasteiger partial charge in [0.25, 0.3) is 5.91 Å². The first kappa shape index (κ1) is 12.4. The Bertz CT molecular complexity index is 342. The Morgan fingerprint density at radius 3 is 3.00 bits per heavy atom. The van der Waals surface area contributed by atoms with Crippen molar-refractivity contribution in [2.75, 3.05) is 6.54 Å². The van der Waals surface area contributed by atoms with E-state index in [1.807, 2.05) is 0 Å². The van der Waals surface area contributed by atoms with Crippen molar-refractivity contribution < 1.29 is 9.90 Å². The second kappa shape index (κ2) is 6.02. The van der Waals surface area contributed by atoms with Crippen molar-refractivity contribution in [1.82, 2.24) is 10.3 Å². The number of hydrogen-bond donors (Lipinski definition) is 2. The molecule has 0 aromatic carbocycles. The van der Waals surface area contributed by atoms with Gasteiger partial charge in [-0.2, -0.15) is 0 Å². The number of pyridine rings is 1. The Balaban J connectivity index is 2.47. The SMILES string of the molecule is CC(O)CCNC(=O)c1cncc(I)c1. The van der Waals surface area contributed by atoms with Crippen LogP contribution in [-0.2, 0) is 0 Å². The highest BCUT2D eigenvalue weighted by atomic mass is 127. The van der Waals surface area contributed by atoms with Crippen LogP contribution in [0.15, 0.2) is 18.5 Å². The van der Waals surface area contributed by atoms with Gasteiger partial charge in [-0.3, -0.25) is 9.78 Å². The monoisotopic (exact) mass is 320 g/mol. The molecular weight excluding hydrogens is 307 g/mol. The summed E-state index contributed by atoms with van der Waals surface area (Å²) in [5.74, 6) is -0.151. The quantitative estimate of drug-likeness (QED) is 0.819. The number of rotatable bonds is 4. The van der Waals surface area contributed by atoms with Crippen LogP contribution in [0.2, 0.25) is 0 Å². The smallest absolute Gasteiger partial charge is 0.252 e. The summed E-state index contributed by atoms with van der Waals surface area (Å²) in [5.41, 5.74) is 0.549. The molecule has 0 aliphatic carbocycles. The van der Waals surface area contributed by atoms with Crippen LogP contribution in [0.1, 0.15) is 23.7 Å². The largest absolute Gasteiger partial charge is 0.393 e. The molecule has 1 aromatic rings. The van der Waals surface area contributed by atoms with Gasteiger partial charge in [0.1, 0.15) is 0 Å². The fraction of sp³-hybridized carbons (Fsp3) is 0.400. The lowest BCUT2D eigenvalue weighted by atomic mass is 10.2. The van der Waals surface area contributed by atoms with E-state index >= 15 is 0 Å². The maximum atomic E-state index is 11.5. The zero-order chi connectivity index (χ0) is 11.3. The van der Waals surface area contributed by atoms with Crippen LogP contribution < -0.4 is 5.32 Å². The van der Waals surface area contributed by atoms with Gasteiger partial charge in [-0.25, -0.2) is 0 Å².